The zero-order valence-corrected chi connectivity index (χ0v) is 20.7. The highest BCUT2D eigenvalue weighted by Gasteiger charge is 2.22. The molecule has 0 fully saturated rings. The highest BCUT2D eigenvalue weighted by atomic mass is 16.7. The molecule has 196 valence electrons. The van der Waals surface area contributed by atoms with Crippen LogP contribution in [0.15, 0.2) is 18.2 Å². The molecule has 2 atom stereocenters. The summed E-state index contributed by atoms with van der Waals surface area (Å²) < 4.78 is 30.3. The molecular formula is C24H35NO10. The molecule has 0 aromatic heterocycles. The van der Waals surface area contributed by atoms with E-state index in [9.17, 15) is 19.2 Å². The van der Waals surface area contributed by atoms with Crippen molar-refractivity contribution in [3.8, 4) is 11.5 Å². The lowest BCUT2D eigenvalue weighted by Gasteiger charge is -2.17. The van der Waals surface area contributed by atoms with Gasteiger partial charge in [0.15, 0.2) is 11.5 Å². The average Bonchev–Trinajstić information content (AvgIpc) is 2.81. The molecule has 11 heteroatoms. The van der Waals surface area contributed by atoms with Crippen LogP contribution in [-0.2, 0) is 35.0 Å². The zero-order valence-electron chi connectivity index (χ0n) is 20.7. The van der Waals surface area contributed by atoms with E-state index in [1.165, 1.54) is 12.1 Å². The van der Waals surface area contributed by atoms with E-state index >= 15 is 0 Å². The third kappa shape index (κ3) is 12.1. The third-order valence-corrected chi connectivity index (χ3v) is 4.25. The van der Waals surface area contributed by atoms with Crippen LogP contribution in [0.5, 0.6) is 11.5 Å². The summed E-state index contributed by atoms with van der Waals surface area (Å²) in [5.41, 5.74) is 6.48. The van der Waals surface area contributed by atoms with E-state index in [-0.39, 0.29) is 50.1 Å². The first-order valence-electron chi connectivity index (χ1n) is 11.6. The summed E-state index contributed by atoms with van der Waals surface area (Å²) in [4.78, 5) is 47.6. The van der Waals surface area contributed by atoms with Gasteiger partial charge in [-0.25, -0.2) is 9.59 Å². The molecule has 1 aromatic rings. The van der Waals surface area contributed by atoms with Crippen molar-refractivity contribution in [2.24, 2.45) is 5.73 Å². The summed E-state index contributed by atoms with van der Waals surface area (Å²) in [6, 6.07) is 3.29. The Hall–Kier alpha value is -3.34. The zero-order chi connectivity index (χ0) is 26.2. The molecule has 0 radical (unpaired) electrons. The Morgan fingerprint density at radius 3 is 2.03 bits per heavy atom. The quantitative estimate of drug-likeness (QED) is 0.228. The normalized spacial score (nSPS) is 12.1. The molecule has 0 heterocycles. The van der Waals surface area contributed by atoms with Crippen LogP contribution in [-0.4, -0.2) is 56.2 Å². The lowest BCUT2D eigenvalue weighted by molar-refractivity contribution is -0.159. The molecule has 0 bridgehead atoms. The van der Waals surface area contributed by atoms with Gasteiger partial charge in [0.2, 0.25) is 0 Å². The Bertz CT molecular complexity index is 842. The van der Waals surface area contributed by atoms with E-state index in [0.717, 1.165) is 0 Å². The number of carbonyl (C=O) groups excluding carboxylic acids is 4. The molecule has 1 rings (SSSR count). The van der Waals surface area contributed by atoms with E-state index in [1.54, 1.807) is 13.0 Å². The molecule has 1 aromatic carbocycles. The number of nitrogens with two attached hydrogens (primary N) is 1. The summed E-state index contributed by atoms with van der Waals surface area (Å²) in [6.07, 6.45) is -0.445. The standard InChI is InChI=1S/C24H35NO10/c1-5-8-21(26)32-15-16(4)33-22(27)18(25)13-17-9-10-19(34-23(28)30-11-6-2)20(14-17)35-24(29)31-12-7-3/h9-10,14,16,18H,5-8,11-13,15,25H2,1-4H3/t16-,18-/m0/s1. The van der Waals surface area contributed by atoms with E-state index in [0.29, 0.717) is 24.8 Å². The Kier molecular flexibility index (Phi) is 13.8. The van der Waals surface area contributed by atoms with Crippen molar-refractivity contribution in [3.05, 3.63) is 23.8 Å². The van der Waals surface area contributed by atoms with Gasteiger partial charge in [-0.1, -0.05) is 26.8 Å². The van der Waals surface area contributed by atoms with Gasteiger partial charge in [0.05, 0.1) is 13.2 Å². The van der Waals surface area contributed by atoms with Gasteiger partial charge in [-0.05, 0) is 50.3 Å². The number of rotatable bonds is 14. The molecule has 0 saturated heterocycles. The molecule has 0 amide bonds. The van der Waals surface area contributed by atoms with Gasteiger partial charge >= 0.3 is 24.2 Å². The summed E-state index contributed by atoms with van der Waals surface area (Å²) in [5.74, 6) is -1.24. The summed E-state index contributed by atoms with van der Waals surface area (Å²) in [6.45, 7) is 7.33. The second-order valence-electron chi connectivity index (χ2n) is 7.67. The molecule has 0 aliphatic heterocycles. The molecule has 11 nitrogen and oxygen atoms in total. The van der Waals surface area contributed by atoms with Crippen molar-refractivity contribution in [2.45, 2.75) is 71.9 Å². The highest BCUT2D eigenvalue weighted by molar-refractivity contribution is 5.76. The third-order valence-electron chi connectivity index (χ3n) is 4.25. The van der Waals surface area contributed by atoms with Crippen LogP contribution in [0.1, 0.15) is 58.9 Å². The number of esters is 2. The van der Waals surface area contributed by atoms with E-state index in [1.807, 2.05) is 20.8 Å². The number of hydrogen-bond donors (Lipinski definition) is 1. The van der Waals surface area contributed by atoms with Gasteiger partial charge in [-0.15, -0.1) is 0 Å². The van der Waals surface area contributed by atoms with E-state index in [4.69, 9.17) is 34.2 Å². The van der Waals surface area contributed by atoms with Crippen LogP contribution in [0.3, 0.4) is 0 Å². The fourth-order valence-corrected chi connectivity index (χ4v) is 2.60. The van der Waals surface area contributed by atoms with Crippen LogP contribution in [0.25, 0.3) is 0 Å². The van der Waals surface area contributed by atoms with Crippen LogP contribution >= 0.6 is 0 Å². The number of benzene rings is 1. The average molecular weight is 498 g/mol. The maximum Gasteiger partial charge on any atom is 0.513 e. The summed E-state index contributed by atoms with van der Waals surface area (Å²) in [7, 11) is 0. The van der Waals surface area contributed by atoms with Crippen molar-refractivity contribution in [1.29, 1.82) is 0 Å². The van der Waals surface area contributed by atoms with E-state index < -0.39 is 30.4 Å². The molecule has 35 heavy (non-hydrogen) atoms. The molecular weight excluding hydrogens is 462 g/mol. The largest absolute Gasteiger partial charge is 0.513 e. The second-order valence-corrected chi connectivity index (χ2v) is 7.67. The Labute approximate surface area is 205 Å². The van der Waals surface area contributed by atoms with Crippen molar-refractivity contribution in [1.82, 2.24) is 0 Å². The Morgan fingerprint density at radius 2 is 1.46 bits per heavy atom. The predicted molar refractivity (Wildman–Crippen MR) is 124 cm³/mol. The minimum Gasteiger partial charge on any atom is -0.462 e. The number of ether oxygens (including phenoxy) is 6. The van der Waals surface area contributed by atoms with Crippen molar-refractivity contribution in [2.75, 3.05) is 19.8 Å². The minimum absolute atomic E-state index is 0.0299. The first kappa shape index (κ1) is 29.7. The lowest BCUT2D eigenvalue weighted by Crippen LogP contribution is -2.37. The SMILES string of the molecule is CCCOC(=O)Oc1ccc(C[C@H](N)C(=O)O[C@@H](C)COC(=O)CCC)cc1OC(=O)OCCC. The van der Waals surface area contributed by atoms with Crippen molar-refractivity contribution in [3.63, 3.8) is 0 Å². The molecule has 2 N–H and O–H groups in total. The molecule has 0 spiro atoms. The van der Waals surface area contributed by atoms with Crippen LogP contribution < -0.4 is 15.2 Å². The maximum atomic E-state index is 12.3. The van der Waals surface area contributed by atoms with Crippen molar-refractivity contribution >= 4 is 24.2 Å². The van der Waals surface area contributed by atoms with Gasteiger partial charge in [-0.2, -0.15) is 0 Å². The van der Waals surface area contributed by atoms with Crippen molar-refractivity contribution < 1.29 is 47.6 Å². The van der Waals surface area contributed by atoms with Gasteiger partial charge in [-0.3, -0.25) is 9.59 Å². The summed E-state index contributed by atoms with van der Waals surface area (Å²) >= 11 is 0. The lowest BCUT2D eigenvalue weighted by atomic mass is 10.1. The fraction of sp³-hybridized carbons (Fsp3) is 0.583. The van der Waals surface area contributed by atoms with Gasteiger partial charge in [0.1, 0.15) is 18.8 Å². The highest BCUT2D eigenvalue weighted by Crippen LogP contribution is 2.30. The number of carbonyl (C=O) groups is 4. The predicted octanol–water partition coefficient (Wildman–Crippen LogP) is 3.68. The van der Waals surface area contributed by atoms with Crippen LogP contribution in [0.4, 0.5) is 9.59 Å². The molecule has 0 aliphatic rings. The van der Waals surface area contributed by atoms with Gasteiger partial charge in [0.25, 0.3) is 0 Å². The van der Waals surface area contributed by atoms with Gasteiger partial charge in [0, 0.05) is 6.42 Å². The first-order valence-corrected chi connectivity index (χ1v) is 11.6. The van der Waals surface area contributed by atoms with Crippen LogP contribution in [0, 0.1) is 0 Å². The monoisotopic (exact) mass is 497 g/mol. The minimum atomic E-state index is -1.05. The Morgan fingerprint density at radius 1 is 0.857 bits per heavy atom. The molecule has 0 unspecified atom stereocenters. The summed E-state index contributed by atoms with van der Waals surface area (Å²) in [5, 5.41) is 0. The number of hydrogen-bond acceptors (Lipinski definition) is 11. The smallest absolute Gasteiger partial charge is 0.462 e. The fourth-order valence-electron chi connectivity index (χ4n) is 2.60. The first-order chi connectivity index (χ1) is 16.7. The van der Waals surface area contributed by atoms with E-state index in [2.05, 4.69) is 0 Å². The topological polar surface area (TPSA) is 150 Å². The molecule has 0 aliphatic carbocycles. The van der Waals surface area contributed by atoms with Crippen LogP contribution in [0.2, 0.25) is 0 Å². The molecule has 0 saturated carbocycles. The maximum absolute atomic E-state index is 12.3. The second kappa shape index (κ2) is 16.3. The van der Waals surface area contributed by atoms with Gasteiger partial charge < -0.3 is 34.2 Å². The Balaban J connectivity index is 2.84.